The Hall–Kier alpha value is -3.61. The van der Waals surface area contributed by atoms with Gasteiger partial charge in [0.1, 0.15) is 6.61 Å². The van der Waals surface area contributed by atoms with Crippen LogP contribution in [0.1, 0.15) is 37.8 Å². The van der Waals surface area contributed by atoms with Crippen LogP contribution in [0, 0.1) is 11.8 Å². The van der Waals surface area contributed by atoms with Crippen molar-refractivity contribution in [3.05, 3.63) is 71.9 Å². The highest BCUT2D eigenvalue weighted by Gasteiger charge is 2.29. The van der Waals surface area contributed by atoms with Crippen molar-refractivity contribution in [1.82, 2.24) is 10.3 Å². The van der Waals surface area contributed by atoms with Crippen LogP contribution < -0.4 is 5.32 Å². The molecule has 0 saturated heterocycles. The van der Waals surface area contributed by atoms with Crippen LogP contribution in [0.5, 0.6) is 0 Å². The summed E-state index contributed by atoms with van der Waals surface area (Å²) in [7, 11) is 0. The number of Topliss-reactive ketones (excluding diaryl/α,β-unsaturated/α-hetero) is 1. The second-order valence-electron chi connectivity index (χ2n) is 8.66. The van der Waals surface area contributed by atoms with Crippen LogP contribution in [0.15, 0.2) is 60.8 Å². The highest BCUT2D eigenvalue weighted by atomic mass is 16.5. The molecular formula is C26H30N2O5. The van der Waals surface area contributed by atoms with Gasteiger partial charge in [0, 0.05) is 23.5 Å². The molecule has 0 aliphatic rings. The minimum atomic E-state index is -1.04. The average molecular weight is 451 g/mol. The standard InChI is InChI=1S/C26H30N2O5/c1-17(2)12-23(28-26(32)33-16-18-8-4-3-5-9-18)24(29)14-19(25(30)31)13-20-15-27-22-11-7-6-10-21(20)22/h3-11,15,17,19,23,27H,12-14,16H2,1-2H3,(H,28,32)(H,30,31)/t19?,23-/m1/s1. The van der Waals surface area contributed by atoms with Crippen LogP contribution in [0.3, 0.4) is 0 Å². The van der Waals surface area contributed by atoms with Crippen molar-refractivity contribution in [2.24, 2.45) is 11.8 Å². The summed E-state index contributed by atoms with van der Waals surface area (Å²) in [6.07, 6.45) is 1.54. The van der Waals surface area contributed by atoms with E-state index in [0.717, 1.165) is 22.0 Å². The van der Waals surface area contributed by atoms with Gasteiger partial charge in [-0.25, -0.2) is 4.79 Å². The lowest BCUT2D eigenvalue weighted by molar-refractivity contribution is -0.144. The molecule has 0 aliphatic heterocycles. The predicted octanol–water partition coefficient (Wildman–Crippen LogP) is 4.71. The smallest absolute Gasteiger partial charge is 0.408 e. The molecule has 0 fully saturated rings. The van der Waals surface area contributed by atoms with Crippen LogP contribution in [0.25, 0.3) is 10.9 Å². The molecule has 0 bridgehead atoms. The monoisotopic (exact) mass is 450 g/mol. The highest BCUT2D eigenvalue weighted by molar-refractivity contribution is 5.91. The molecule has 0 radical (unpaired) electrons. The summed E-state index contributed by atoms with van der Waals surface area (Å²) in [6.45, 7) is 3.98. The van der Waals surface area contributed by atoms with Crippen LogP contribution in [-0.2, 0) is 27.4 Å². The number of ketones is 1. The predicted molar refractivity (Wildman–Crippen MR) is 126 cm³/mol. The highest BCUT2D eigenvalue weighted by Crippen LogP contribution is 2.23. The maximum Gasteiger partial charge on any atom is 0.408 e. The van der Waals surface area contributed by atoms with Gasteiger partial charge in [0.05, 0.1) is 12.0 Å². The Bertz CT molecular complexity index is 1090. The summed E-state index contributed by atoms with van der Waals surface area (Å²) in [6, 6.07) is 16.1. The molecular weight excluding hydrogens is 420 g/mol. The van der Waals surface area contributed by atoms with Gasteiger partial charge in [-0.2, -0.15) is 0 Å². The quantitative estimate of drug-likeness (QED) is 0.392. The molecule has 3 aromatic rings. The number of aliphatic carboxylic acids is 1. The number of benzene rings is 2. The van der Waals surface area contributed by atoms with Gasteiger partial charge in [0.15, 0.2) is 5.78 Å². The number of hydrogen-bond acceptors (Lipinski definition) is 4. The Labute approximate surface area is 193 Å². The number of aromatic nitrogens is 1. The number of carboxylic acids is 1. The Morgan fingerprint density at radius 2 is 1.73 bits per heavy atom. The fourth-order valence-electron chi connectivity index (χ4n) is 3.85. The molecule has 7 heteroatoms. The Morgan fingerprint density at radius 1 is 1.03 bits per heavy atom. The summed E-state index contributed by atoms with van der Waals surface area (Å²) in [5.41, 5.74) is 2.61. The molecule has 174 valence electrons. The minimum Gasteiger partial charge on any atom is -0.481 e. The van der Waals surface area contributed by atoms with Crippen molar-refractivity contribution in [2.75, 3.05) is 0 Å². The summed E-state index contributed by atoms with van der Waals surface area (Å²) in [5.74, 6) is -2.12. The first-order valence-electron chi connectivity index (χ1n) is 11.1. The van der Waals surface area contributed by atoms with Crippen molar-refractivity contribution in [1.29, 1.82) is 0 Å². The Kier molecular flexibility index (Phi) is 8.24. The Morgan fingerprint density at radius 3 is 2.42 bits per heavy atom. The van der Waals surface area contributed by atoms with E-state index in [2.05, 4.69) is 10.3 Å². The maximum absolute atomic E-state index is 13.1. The van der Waals surface area contributed by atoms with Crippen LogP contribution >= 0.6 is 0 Å². The number of alkyl carbamates (subject to hydrolysis) is 1. The number of ether oxygens (including phenoxy) is 1. The third kappa shape index (κ3) is 6.94. The van der Waals surface area contributed by atoms with Gasteiger partial charge in [0.2, 0.25) is 0 Å². The van der Waals surface area contributed by atoms with Crippen molar-refractivity contribution in [2.45, 2.75) is 45.8 Å². The molecule has 0 spiro atoms. The average Bonchev–Trinajstić information content (AvgIpc) is 3.20. The molecule has 1 unspecified atom stereocenters. The molecule has 2 atom stereocenters. The normalized spacial score (nSPS) is 12.9. The van der Waals surface area contributed by atoms with Crippen molar-refractivity contribution < 1.29 is 24.2 Å². The van der Waals surface area contributed by atoms with Crippen LogP contribution in [-0.4, -0.2) is 34.0 Å². The van der Waals surface area contributed by atoms with Crippen molar-refractivity contribution in [3.8, 4) is 0 Å². The number of amides is 1. The van der Waals surface area contributed by atoms with E-state index in [1.165, 1.54) is 0 Å². The van der Waals surface area contributed by atoms with E-state index in [1.54, 1.807) is 6.20 Å². The van der Waals surface area contributed by atoms with Crippen LogP contribution in [0.2, 0.25) is 0 Å². The fraction of sp³-hybridized carbons (Fsp3) is 0.346. The number of carbonyl (C=O) groups is 3. The molecule has 33 heavy (non-hydrogen) atoms. The van der Waals surface area contributed by atoms with Gasteiger partial charge < -0.3 is 20.1 Å². The zero-order chi connectivity index (χ0) is 23.8. The Balaban J connectivity index is 1.65. The summed E-state index contributed by atoms with van der Waals surface area (Å²) < 4.78 is 5.25. The van der Waals surface area contributed by atoms with Gasteiger partial charge in [-0.15, -0.1) is 0 Å². The molecule has 3 rings (SSSR count). The summed E-state index contributed by atoms with van der Waals surface area (Å²) >= 11 is 0. The molecule has 1 amide bonds. The van der Waals surface area contributed by atoms with Crippen molar-refractivity contribution >= 4 is 28.7 Å². The van der Waals surface area contributed by atoms with Crippen LogP contribution in [0.4, 0.5) is 4.79 Å². The second-order valence-corrected chi connectivity index (χ2v) is 8.66. The fourth-order valence-corrected chi connectivity index (χ4v) is 3.85. The third-order valence-corrected chi connectivity index (χ3v) is 5.54. The van der Waals surface area contributed by atoms with E-state index < -0.39 is 24.0 Å². The third-order valence-electron chi connectivity index (χ3n) is 5.54. The SMILES string of the molecule is CC(C)C[C@@H](NC(=O)OCc1ccccc1)C(=O)CC(Cc1c[nH]c2ccccc12)C(=O)O. The minimum absolute atomic E-state index is 0.0909. The number of fused-ring (bicyclic) bond motifs is 1. The molecule has 0 saturated carbocycles. The lowest BCUT2D eigenvalue weighted by atomic mass is 9.89. The first-order chi connectivity index (χ1) is 15.8. The number of aromatic amines is 1. The largest absolute Gasteiger partial charge is 0.481 e. The van der Waals surface area contributed by atoms with E-state index in [-0.39, 0.29) is 31.1 Å². The molecule has 1 aromatic heterocycles. The summed E-state index contributed by atoms with van der Waals surface area (Å²) in [4.78, 5) is 40.5. The molecule has 3 N–H and O–H groups in total. The second kappa shape index (κ2) is 11.3. The lowest BCUT2D eigenvalue weighted by Crippen LogP contribution is -2.43. The first kappa shape index (κ1) is 24.0. The number of carbonyl (C=O) groups excluding carboxylic acids is 2. The van der Waals surface area contributed by atoms with E-state index in [0.29, 0.717) is 6.42 Å². The zero-order valence-corrected chi connectivity index (χ0v) is 18.9. The number of rotatable bonds is 11. The van der Waals surface area contributed by atoms with E-state index in [4.69, 9.17) is 4.74 Å². The molecule has 2 aromatic carbocycles. The molecule has 1 heterocycles. The van der Waals surface area contributed by atoms with Gasteiger partial charge >= 0.3 is 12.1 Å². The lowest BCUT2D eigenvalue weighted by Gasteiger charge is -2.21. The van der Waals surface area contributed by atoms with E-state index in [1.807, 2.05) is 68.4 Å². The number of nitrogens with one attached hydrogen (secondary N) is 2. The van der Waals surface area contributed by atoms with E-state index >= 15 is 0 Å². The number of hydrogen-bond donors (Lipinski definition) is 3. The topological polar surface area (TPSA) is 108 Å². The first-order valence-corrected chi connectivity index (χ1v) is 11.1. The molecule has 0 aliphatic carbocycles. The molecule has 7 nitrogen and oxygen atoms in total. The van der Waals surface area contributed by atoms with Gasteiger partial charge in [-0.1, -0.05) is 62.4 Å². The van der Waals surface area contributed by atoms with Crippen molar-refractivity contribution in [3.63, 3.8) is 0 Å². The number of para-hydroxylation sites is 1. The summed E-state index contributed by atoms with van der Waals surface area (Å²) in [5, 5.41) is 13.4. The maximum atomic E-state index is 13.1. The zero-order valence-electron chi connectivity index (χ0n) is 18.9. The van der Waals surface area contributed by atoms with Gasteiger partial charge in [0.25, 0.3) is 0 Å². The van der Waals surface area contributed by atoms with E-state index in [9.17, 15) is 19.5 Å². The number of carboxylic acid groups (broad SMARTS) is 1. The van der Waals surface area contributed by atoms with Gasteiger partial charge in [-0.05, 0) is 36.0 Å². The number of H-pyrrole nitrogens is 1. The van der Waals surface area contributed by atoms with Gasteiger partial charge in [-0.3, -0.25) is 9.59 Å².